The van der Waals surface area contributed by atoms with E-state index in [1.165, 1.54) is 0 Å². The first-order valence-corrected chi connectivity index (χ1v) is 3.31. The molecule has 0 spiro atoms. The standard InChI is InChI=1S/C4H10O.C3H8O.4CH4/c1-3-4-5-2;1-3-4-2;;;;/h3-4H2,1-2H3;3H2,1-2H3;4*1H4. The lowest BCUT2D eigenvalue weighted by atomic mass is 10.5. The zero-order valence-corrected chi connectivity index (χ0v) is 6.94. The summed E-state index contributed by atoms with van der Waals surface area (Å²) in [4.78, 5) is 0. The molecule has 0 aliphatic rings. The van der Waals surface area contributed by atoms with E-state index < -0.39 is 0 Å². The largest absolute Gasteiger partial charge is 0.385 e. The predicted molar refractivity (Wildman–Crippen MR) is 66.6 cm³/mol. The fraction of sp³-hybridized carbons (Fsp3) is 1.00. The zero-order chi connectivity index (χ0) is 7.54. The molecule has 0 aromatic rings. The molecule has 0 radical (unpaired) electrons. The van der Waals surface area contributed by atoms with Gasteiger partial charge in [0.15, 0.2) is 0 Å². The molecule has 0 fully saturated rings. The fourth-order valence-electron chi connectivity index (χ4n) is 0.204. The lowest BCUT2D eigenvalue weighted by Gasteiger charge is -1.84. The van der Waals surface area contributed by atoms with E-state index >= 15 is 0 Å². The van der Waals surface area contributed by atoms with Crippen LogP contribution in [0.25, 0.3) is 0 Å². The van der Waals surface area contributed by atoms with Gasteiger partial charge in [0.1, 0.15) is 0 Å². The molecule has 0 bridgehead atoms. The van der Waals surface area contributed by atoms with E-state index in [1.807, 2.05) is 6.92 Å². The molecule has 0 amide bonds. The Kier molecular flexibility index (Phi) is 173. The minimum atomic E-state index is 0. The van der Waals surface area contributed by atoms with Crippen LogP contribution < -0.4 is 0 Å². The van der Waals surface area contributed by atoms with Crippen molar-refractivity contribution in [3.8, 4) is 0 Å². The molecule has 13 heavy (non-hydrogen) atoms. The molecule has 0 rings (SSSR count). The van der Waals surface area contributed by atoms with Crippen molar-refractivity contribution < 1.29 is 9.47 Å². The second kappa shape index (κ2) is 58.7. The van der Waals surface area contributed by atoms with Crippen LogP contribution in [0.3, 0.4) is 0 Å². The van der Waals surface area contributed by atoms with Crippen LogP contribution in [0.1, 0.15) is 50.0 Å². The van der Waals surface area contributed by atoms with Crippen molar-refractivity contribution in [2.24, 2.45) is 0 Å². The van der Waals surface area contributed by atoms with E-state index in [4.69, 9.17) is 4.74 Å². The number of ether oxygens (including phenoxy) is 2. The summed E-state index contributed by atoms with van der Waals surface area (Å²) >= 11 is 0. The average molecular weight is 198 g/mol. The minimum absolute atomic E-state index is 0. The van der Waals surface area contributed by atoms with E-state index in [-0.39, 0.29) is 29.7 Å². The van der Waals surface area contributed by atoms with Crippen LogP contribution in [0.4, 0.5) is 0 Å². The lowest BCUT2D eigenvalue weighted by Crippen LogP contribution is -1.80. The Balaban J connectivity index is -0.0000000146. The topological polar surface area (TPSA) is 18.5 Å². The van der Waals surface area contributed by atoms with Crippen LogP contribution in [-0.2, 0) is 9.47 Å². The SMILES string of the molecule is C.C.C.C.CCCOC.CCOC. The van der Waals surface area contributed by atoms with Crippen molar-refractivity contribution in [1.82, 2.24) is 0 Å². The number of hydrogen-bond donors (Lipinski definition) is 0. The minimum Gasteiger partial charge on any atom is -0.385 e. The maximum atomic E-state index is 4.69. The summed E-state index contributed by atoms with van der Waals surface area (Å²) < 4.78 is 9.23. The van der Waals surface area contributed by atoms with Crippen LogP contribution in [0.2, 0.25) is 0 Å². The van der Waals surface area contributed by atoms with Gasteiger partial charge >= 0.3 is 0 Å². The number of hydrogen-bond acceptors (Lipinski definition) is 2. The molecular formula is C11H34O2. The highest BCUT2D eigenvalue weighted by atomic mass is 16.5. The van der Waals surface area contributed by atoms with Gasteiger partial charge in [-0.05, 0) is 13.3 Å². The van der Waals surface area contributed by atoms with E-state index in [2.05, 4.69) is 11.7 Å². The first kappa shape index (κ1) is 38.3. The third-order valence-electron chi connectivity index (χ3n) is 0.697. The normalized spacial score (nSPS) is 5.54. The van der Waals surface area contributed by atoms with Gasteiger partial charge in [0, 0.05) is 27.4 Å². The smallest absolute Gasteiger partial charge is 0.0459 e. The van der Waals surface area contributed by atoms with Crippen LogP contribution >= 0.6 is 0 Å². The highest BCUT2D eigenvalue weighted by Gasteiger charge is 1.66. The molecule has 0 aliphatic carbocycles. The fourth-order valence-corrected chi connectivity index (χ4v) is 0.204. The first-order chi connectivity index (χ1) is 4.33. The lowest BCUT2D eigenvalue weighted by molar-refractivity contribution is 0.199. The van der Waals surface area contributed by atoms with Crippen LogP contribution in [0, 0.1) is 0 Å². The Bertz CT molecular complexity index is 27.3. The predicted octanol–water partition coefficient (Wildman–Crippen LogP) is 4.24. The van der Waals surface area contributed by atoms with E-state index in [0.29, 0.717) is 0 Å². The van der Waals surface area contributed by atoms with Gasteiger partial charge in [-0.25, -0.2) is 0 Å². The summed E-state index contributed by atoms with van der Waals surface area (Å²) in [5, 5.41) is 0. The van der Waals surface area contributed by atoms with Gasteiger partial charge < -0.3 is 9.47 Å². The van der Waals surface area contributed by atoms with Gasteiger partial charge in [-0.1, -0.05) is 36.6 Å². The van der Waals surface area contributed by atoms with Gasteiger partial charge in [-0.3, -0.25) is 0 Å². The molecule has 2 heteroatoms. The summed E-state index contributed by atoms with van der Waals surface area (Å²) in [6.07, 6.45) is 1.12. The van der Waals surface area contributed by atoms with Crippen molar-refractivity contribution in [2.45, 2.75) is 50.0 Å². The van der Waals surface area contributed by atoms with Gasteiger partial charge in [-0.2, -0.15) is 0 Å². The maximum absolute atomic E-state index is 4.69. The second-order valence-electron chi connectivity index (χ2n) is 1.57. The van der Waals surface area contributed by atoms with E-state index in [1.54, 1.807) is 14.2 Å². The van der Waals surface area contributed by atoms with Crippen LogP contribution in [0.5, 0.6) is 0 Å². The van der Waals surface area contributed by atoms with Crippen molar-refractivity contribution in [3.05, 3.63) is 0 Å². The molecule has 0 atom stereocenters. The molecule has 90 valence electrons. The van der Waals surface area contributed by atoms with Gasteiger partial charge in [-0.15, -0.1) is 0 Å². The van der Waals surface area contributed by atoms with Gasteiger partial charge in [0.05, 0.1) is 0 Å². The Morgan fingerprint density at radius 3 is 1.08 bits per heavy atom. The summed E-state index contributed by atoms with van der Waals surface area (Å²) in [5.74, 6) is 0. The van der Waals surface area contributed by atoms with Crippen molar-refractivity contribution in [1.29, 1.82) is 0 Å². The third kappa shape index (κ3) is 138. The molecule has 0 N–H and O–H groups in total. The van der Waals surface area contributed by atoms with Crippen LogP contribution in [-0.4, -0.2) is 27.4 Å². The van der Waals surface area contributed by atoms with Crippen molar-refractivity contribution >= 4 is 0 Å². The molecular weight excluding hydrogens is 164 g/mol. The molecule has 0 aromatic carbocycles. The summed E-state index contributed by atoms with van der Waals surface area (Å²) in [7, 11) is 3.39. The quantitative estimate of drug-likeness (QED) is 0.675. The van der Waals surface area contributed by atoms with Gasteiger partial charge in [0.2, 0.25) is 0 Å². The second-order valence-corrected chi connectivity index (χ2v) is 1.57. The molecule has 2 nitrogen and oxygen atoms in total. The van der Waals surface area contributed by atoms with E-state index in [0.717, 1.165) is 19.6 Å². The van der Waals surface area contributed by atoms with Gasteiger partial charge in [0.25, 0.3) is 0 Å². The molecule has 0 aliphatic heterocycles. The molecule has 0 aromatic heterocycles. The summed E-state index contributed by atoms with van der Waals surface area (Å²) in [5.41, 5.74) is 0. The van der Waals surface area contributed by atoms with Crippen molar-refractivity contribution in [3.63, 3.8) is 0 Å². The summed E-state index contributed by atoms with van der Waals surface area (Å²) in [6, 6.07) is 0. The van der Waals surface area contributed by atoms with Crippen LogP contribution in [0.15, 0.2) is 0 Å². The molecule has 0 heterocycles. The first-order valence-electron chi connectivity index (χ1n) is 3.31. The highest BCUT2D eigenvalue weighted by Crippen LogP contribution is 1.70. The Hall–Kier alpha value is -0.0800. The maximum Gasteiger partial charge on any atom is 0.0459 e. The Labute approximate surface area is 87.6 Å². The Morgan fingerprint density at radius 1 is 0.769 bits per heavy atom. The Morgan fingerprint density at radius 2 is 1.08 bits per heavy atom. The molecule has 0 saturated heterocycles. The third-order valence-corrected chi connectivity index (χ3v) is 0.697. The number of rotatable bonds is 3. The van der Waals surface area contributed by atoms with E-state index in [9.17, 15) is 0 Å². The zero-order valence-electron chi connectivity index (χ0n) is 6.94. The highest BCUT2D eigenvalue weighted by molar-refractivity contribution is 4.15. The molecule has 0 saturated carbocycles. The summed E-state index contributed by atoms with van der Waals surface area (Å²) in [6.45, 7) is 5.75. The van der Waals surface area contributed by atoms with Crippen molar-refractivity contribution in [2.75, 3.05) is 27.4 Å². The molecule has 0 unspecified atom stereocenters. The number of methoxy groups -OCH3 is 2. The average Bonchev–Trinajstić information content (AvgIpc) is 1.91. The monoisotopic (exact) mass is 198 g/mol.